The van der Waals surface area contributed by atoms with E-state index in [2.05, 4.69) is 59.0 Å². The summed E-state index contributed by atoms with van der Waals surface area (Å²) in [4.78, 5) is 0. The number of halogens is 2. The fourth-order valence-corrected chi connectivity index (χ4v) is 3.57. The third-order valence-electron chi connectivity index (χ3n) is 2.64. The van der Waals surface area contributed by atoms with Gasteiger partial charge in [0.1, 0.15) is 0 Å². The van der Waals surface area contributed by atoms with Crippen molar-refractivity contribution in [2.45, 2.75) is 34.5 Å². The Balaban J connectivity index is 2.52. The summed E-state index contributed by atoms with van der Waals surface area (Å²) in [5, 5.41) is 0. The maximum Gasteiger partial charge on any atom is 0.0256 e. The highest BCUT2D eigenvalue weighted by atomic mass is 127. The monoisotopic (exact) mass is 364 g/mol. The van der Waals surface area contributed by atoms with Crippen LogP contribution < -0.4 is 0 Å². The molecule has 60 valence electrons. The molecule has 0 aromatic carbocycles. The summed E-state index contributed by atoms with van der Waals surface area (Å²) >= 11 is 5.22. The van der Waals surface area contributed by atoms with Crippen LogP contribution in [0, 0.1) is 11.8 Å². The van der Waals surface area contributed by atoms with E-state index in [0.29, 0.717) is 0 Å². The topological polar surface area (TPSA) is 0 Å². The average Bonchev–Trinajstić information content (AvgIpc) is 1.93. The standard InChI is InChI=1S/C8H14I2/c1-5-3-4-7(9)8(10)6(5)2/h5-8H,3-4H2,1-2H3. The number of hydrogen-bond acceptors (Lipinski definition) is 0. The zero-order chi connectivity index (χ0) is 7.72. The molecule has 0 spiro atoms. The largest absolute Gasteiger partial charge is 0.0815 e. The highest BCUT2D eigenvalue weighted by molar-refractivity contribution is 14.1. The van der Waals surface area contributed by atoms with Crippen LogP contribution in [0.3, 0.4) is 0 Å². The molecule has 1 fully saturated rings. The summed E-state index contributed by atoms with van der Waals surface area (Å²) in [6.07, 6.45) is 2.87. The first-order valence-corrected chi connectivity index (χ1v) is 6.40. The molecule has 1 rings (SSSR count). The summed E-state index contributed by atoms with van der Waals surface area (Å²) in [5.41, 5.74) is 0. The van der Waals surface area contributed by atoms with Gasteiger partial charge in [-0.05, 0) is 24.7 Å². The van der Waals surface area contributed by atoms with Crippen LogP contribution >= 0.6 is 45.2 Å². The maximum atomic E-state index is 2.62. The molecule has 1 aliphatic carbocycles. The summed E-state index contributed by atoms with van der Waals surface area (Å²) < 4.78 is 1.83. The minimum atomic E-state index is 0.905. The average molecular weight is 364 g/mol. The lowest BCUT2D eigenvalue weighted by Crippen LogP contribution is -2.32. The van der Waals surface area contributed by atoms with Crippen molar-refractivity contribution in [2.24, 2.45) is 11.8 Å². The Morgan fingerprint density at radius 2 is 1.70 bits per heavy atom. The normalized spacial score (nSPS) is 49.2. The molecule has 0 N–H and O–H groups in total. The van der Waals surface area contributed by atoms with Crippen molar-refractivity contribution in [1.82, 2.24) is 0 Å². The van der Waals surface area contributed by atoms with Crippen LogP contribution in [0.1, 0.15) is 26.7 Å². The smallest absolute Gasteiger partial charge is 0.0256 e. The Kier molecular flexibility index (Phi) is 3.74. The molecule has 0 radical (unpaired) electrons. The van der Waals surface area contributed by atoms with Gasteiger partial charge in [0.25, 0.3) is 0 Å². The fourth-order valence-electron chi connectivity index (χ4n) is 1.49. The molecule has 4 atom stereocenters. The van der Waals surface area contributed by atoms with Gasteiger partial charge >= 0.3 is 0 Å². The molecule has 2 heteroatoms. The van der Waals surface area contributed by atoms with Gasteiger partial charge in [-0.15, -0.1) is 0 Å². The molecule has 0 heterocycles. The summed E-state index contributed by atoms with van der Waals surface area (Å²) in [6, 6.07) is 0. The predicted molar refractivity (Wildman–Crippen MR) is 63.2 cm³/mol. The van der Waals surface area contributed by atoms with E-state index in [9.17, 15) is 0 Å². The SMILES string of the molecule is CC1CCC(I)C(I)C1C. The van der Waals surface area contributed by atoms with E-state index in [1.807, 2.05) is 0 Å². The van der Waals surface area contributed by atoms with Crippen LogP contribution in [-0.4, -0.2) is 7.85 Å². The van der Waals surface area contributed by atoms with E-state index in [-0.39, 0.29) is 0 Å². The lowest BCUT2D eigenvalue weighted by Gasteiger charge is -2.34. The van der Waals surface area contributed by atoms with Crippen molar-refractivity contribution >= 4 is 45.2 Å². The van der Waals surface area contributed by atoms with Crippen molar-refractivity contribution in [1.29, 1.82) is 0 Å². The Morgan fingerprint density at radius 3 is 2.20 bits per heavy atom. The molecule has 0 amide bonds. The molecule has 0 bridgehead atoms. The van der Waals surface area contributed by atoms with Gasteiger partial charge < -0.3 is 0 Å². The highest BCUT2D eigenvalue weighted by Crippen LogP contribution is 2.38. The van der Waals surface area contributed by atoms with E-state index >= 15 is 0 Å². The number of hydrogen-bond donors (Lipinski definition) is 0. The molecule has 0 aliphatic heterocycles. The van der Waals surface area contributed by atoms with Crippen molar-refractivity contribution < 1.29 is 0 Å². The number of alkyl halides is 2. The zero-order valence-corrected chi connectivity index (χ0v) is 10.8. The first-order chi connectivity index (χ1) is 4.63. The second-order valence-corrected chi connectivity index (χ2v) is 6.41. The summed E-state index contributed by atoms with van der Waals surface area (Å²) in [6.45, 7) is 4.78. The van der Waals surface area contributed by atoms with Gasteiger partial charge in [0.2, 0.25) is 0 Å². The van der Waals surface area contributed by atoms with Crippen LogP contribution in [0.2, 0.25) is 0 Å². The molecule has 1 aliphatic rings. The second-order valence-electron chi connectivity index (χ2n) is 3.37. The van der Waals surface area contributed by atoms with Crippen molar-refractivity contribution in [3.05, 3.63) is 0 Å². The second kappa shape index (κ2) is 3.92. The molecule has 10 heavy (non-hydrogen) atoms. The van der Waals surface area contributed by atoms with Gasteiger partial charge in [0.15, 0.2) is 0 Å². The van der Waals surface area contributed by atoms with E-state index in [0.717, 1.165) is 19.7 Å². The van der Waals surface area contributed by atoms with Gasteiger partial charge in [-0.2, -0.15) is 0 Å². The van der Waals surface area contributed by atoms with Crippen molar-refractivity contribution in [3.63, 3.8) is 0 Å². The molecule has 0 saturated heterocycles. The zero-order valence-electron chi connectivity index (χ0n) is 6.48. The molecule has 0 aromatic rings. The van der Waals surface area contributed by atoms with E-state index < -0.39 is 0 Å². The molecular weight excluding hydrogens is 350 g/mol. The van der Waals surface area contributed by atoms with Crippen LogP contribution in [0.5, 0.6) is 0 Å². The van der Waals surface area contributed by atoms with Crippen molar-refractivity contribution in [2.75, 3.05) is 0 Å². The highest BCUT2D eigenvalue weighted by Gasteiger charge is 2.30. The predicted octanol–water partition coefficient (Wildman–Crippen LogP) is 3.66. The molecule has 0 aromatic heterocycles. The Bertz CT molecular complexity index is 99.8. The van der Waals surface area contributed by atoms with Crippen molar-refractivity contribution in [3.8, 4) is 0 Å². The summed E-state index contributed by atoms with van der Waals surface area (Å²) in [7, 11) is 0. The van der Waals surface area contributed by atoms with E-state index in [1.54, 1.807) is 0 Å². The van der Waals surface area contributed by atoms with Gasteiger partial charge in [0, 0.05) is 7.85 Å². The number of rotatable bonds is 0. The van der Waals surface area contributed by atoms with E-state index in [4.69, 9.17) is 0 Å². The van der Waals surface area contributed by atoms with Gasteiger partial charge in [-0.3, -0.25) is 0 Å². The van der Waals surface area contributed by atoms with Crippen LogP contribution in [0.25, 0.3) is 0 Å². The Labute approximate surface area is 90.8 Å². The molecule has 0 nitrogen and oxygen atoms in total. The first-order valence-electron chi connectivity index (χ1n) is 3.91. The summed E-state index contributed by atoms with van der Waals surface area (Å²) in [5.74, 6) is 1.88. The van der Waals surface area contributed by atoms with Crippen LogP contribution in [0.4, 0.5) is 0 Å². The molecule has 1 saturated carbocycles. The fraction of sp³-hybridized carbons (Fsp3) is 1.00. The third kappa shape index (κ3) is 1.99. The van der Waals surface area contributed by atoms with E-state index in [1.165, 1.54) is 12.8 Å². The van der Waals surface area contributed by atoms with Crippen LogP contribution in [-0.2, 0) is 0 Å². The quantitative estimate of drug-likeness (QED) is 0.455. The lowest BCUT2D eigenvalue weighted by atomic mass is 9.82. The maximum absolute atomic E-state index is 2.62. The Morgan fingerprint density at radius 1 is 1.10 bits per heavy atom. The van der Waals surface area contributed by atoms with Gasteiger partial charge in [0.05, 0.1) is 0 Å². The molecule has 4 unspecified atom stereocenters. The third-order valence-corrected chi connectivity index (χ3v) is 7.42. The Hall–Kier alpha value is 1.46. The lowest BCUT2D eigenvalue weighted by molar-refractivity contribution is 0.306. The first kappa shape index (κ1) is 9.55. The van der Waals surface area contributed by atoms with Gasteiger partial charge in [-0.25, -0.2) is 0 Å². The van der Waals surface area contributed by atoms with Crippen LogP contribution in [0.15, 0.2) is 0 Å². The minimum absolute atomic E-state index is 0.905. The minimum Gasteiger partial charge on any atom is -0.0815 e. The van der Waals surface area contributed by atoms with Gasteiger partial charge in [-0.1, -0.05) is 59.0 Å². The molecular formula is C8H14I2.